The molecule has 0 spiro atoms. The molecule has 168 valence electrons. The van der Waals surface area contributed by atoms with E-state index in [0.717, 1.165) is 33.8 Å². The molecule has 2 aliphatic rings. The zero-order valence-electron chi connectivity index (χ0n) is 18.2. The van der Waals surface area contributed by atoms with Gasteiger partial charge in [0.25, 0.3) is 0 Å². The molecule has 0 bridgehead atoms. The molecule has 2 heterocycles. The van der Waals surface area contributed by atoms with Crippen molar-refractivity contribution in [2.24, 2.45) is 0 Å². The molecule has 0 saturated carbocycles. The van der Waals surface area contributed by atoms with Crippen molar-refractivity contribution in [3.63, 3.8) is 0 Å². The minimum atomic E-state index is -0.122. The van der Waals surface area contributed by atoms with E-state index in [4.69, 9.17) is 37.4 Å². The number of methoxy groups -OCH3 is 1. The van der Waals surface area contributed by atoms with Crippen molar-refractivity contribution >= 4 is 35.1 Å². The summed E-state index contributed by atoms with van der Waals surface area (Å²) < 4.78 is 17.4. The molecule has 0 unspecified atom stereocenters. The maximum absolute atomic E-state index is 13.2. The van der Waals surface area contributed by atoms with Gasteiger partial charge in [-0.2, -0.15) is 0 Å². The fraction of sp³-hybridized carbons (Fsp3) is 0.192. The quantitative estimate of drug-likeness (QED) is 0.410. The van der Waals surface area contributed by atoms with E-state index in [9.17, 15) is 4.79 Å². The highest BCUT2D eigenvalue weighted by Crippen LogP contribution is 2.44. The number of carbonyl (C=O) groups excluding carboxylic acids is 1. The zero-order valence-corrected chi connectivity index (χ0v) is 19.7. The lowest BCUT2D eigenvalue weighted by Gasteiger charge is -2.30. The smallest absolute Gasteiger partial charge is 0.232 e. The van der Waals surface area contributed by atoms with Crippen LogP contribution in [0.2, 0.25) is 10.0 Å². The third kappa shape index (κ3) is 4.20. The maximum Gasteiger partial charge on any atom is 0.232 e. The van der Waals surface area contributed by atoms with E-state index < -0.39 is 0 Å². The van der Waals surface area contributed by atoms with E-state index in [1.54, 1.807) is 19.3 Å². The second-order valence-electron chi connectivity index (χ2n) is 8.10. The number of fused-ring (bicyclic) bond motifs is 3. The average molecular weight is 482 g/mol. The molecule has 0 N–H and O–H groups in total. The molecule has 0 fully saturated rings. The van der Waals surface area contributed by atoms with Gasteiger partial charge in [0.2, 0.25) is 5.78 Å². The summed E-state index contributed by atoms with van der Waals surface area (Å²) in [4.78, 5) is 15.3. The van der Waals surface area contributed by atoms with E-state index in [1.165, 1.54) is 0 Å². The Hall–Kier alpha value is -2.99. The molecule has 0 radical (unpaired) electrons. The molecule has 33 heavy (non-hydrogen) atoms. The van der Waals surface area contributed by atoms with Crippen LogP contribution in [0.1, 0.15) is 32.6 Å². The molecule has 0 aromatic heterocycles. The number of hydrogen-bond donors (Lipinski definition) is 0. The zero-order chi connectivity index (χ0) is 23.1. The molecule has 5 rings (SSSR count). The molecular weight excluding hydrogens is 461 g/mol. The molecule has 0 aliphatic carbocycles. The second kappa shape index (κ2) is 8.75. The fourth-order valence-electron chi connectivity index (χ4n) is 4.12. The van der Waals surface area contributed by atoms with Gasteiger partial charge in [-0.1, -0.05) is 41.4 Å². The van der Waals surface area contributed by atoms with Crippen LogP contribution in [-0.2, 0) is 13.1 Å². The van der Waals surface area contributed by atoms with Crippen LogP contribution in [0.3, 0.4) is 0 Å². The Bertz CT molecular complexity index is 1280. The van der Waals surface area contributed by atoms with Crippen LogP contribution in [0.4, 0.5) is 0 Å². The molecule has 3 aromatic rings. The number of hydrogen-bond acceptors (Lipinski definition) is 5. The van der Waals surface area contributed by atoms with E-state index in [0.29, 0.717) is 46.9 Å². The molecule has 0 atom stereocenters. The predicted octanol–water partition coefficient (Wildman–Crippen LogP) is 6.28. The number of aryl methyl sites for hydroxylation is 1. The SMILES string of the molecule is COc1ccc(/C=C2\Oc3c4c(cc(C)c3C2=O)OCN(Cc2ccc(Cl)c(Cl)c2)C4)cc1. The Morgan fingerprint density at radius 2 is 1.88 bits per heavy atom. The lowest BCUT2D eigenvalue weighted by Crippen LogP contribution is -2.31. The number of halogens is 2. The predicted molar refractivity (Wildman–Crippen MR) is 128 cm³/mol. The van der Waals surface area contributed by atoms with Crippen molar-refractivity contribution in [1.29, 1.82) is 0 Å². The first-order valence-corrected chi connectivity index (χ1v) is 11.2. The van der Waals surface area contributed by atoms with E-state index in [-0.39, 0.29) is 5.78 Å². The van der Waals surface area contributed by atoms with Crippen molar-refractivity contribution in [3.05, 3.63) is 92.2 Å². The van der Waals surface area contributed by atoms with Gasteiger partial charge in [-0.05, 0) is 60.0 Å². The van der Waals surface area contributed by atoms with Crippen LogP contribution in [0.15, 0.2) is 54.3 Å². The van der Waals surface area contributed by atoms with Crippen molar-refractivity contribution in [3.8, 4) is 17.2 Å². The number of rotatable bonds is 4. The first-order valence-electron chi connectivity index (χ1n) is 10.5. The molecule has 7 heteroatoms. The van der Waals surface area contributed by atoms with Gasteiger partial charge in [-0.15, -0.1) is 0 Å². The van der Waals surface area contributed by atoms with Crippen LogP contribution in [0, 0.1) is 6.92 Å². The van der Waals surface area contributed by atoms with Gasteiger partial charge >= 0.3 is 0 Å². The van der Waals surface area contributed by atoms with Gasteiger partial charge in [0.05, 0.1) is 28.3 Å². The van der Waals surface area contributed by atoms with Gasteiger partial charge < -0.3 is 14.2 Å². The molecule has 2 aliphatic heterocycles. The highest BCUT2D eigenvalue weighted by molar-refractivity contribution is 6.42. The topological polar surface area (TPSA) is 48.0 Å². The van der Waals surface area contributed by atoms with Gasteiger partial charge in [-0.3, -0.25) is 9.69 Å². The first kappa shape index (κ1) is 21.8. The summed E-state index contributed by atoms with van der Waals surface area (Å²) in [5.74, 6) is 2.25. The fourth-order valence-corrected chi connectivity index (χ4v) is 4.45. The Labute approximate surface area is 202 Å². The van der Waals surface area contributed by atoms with Crippen molar-refractivity contribution in [2.45, 2.75) is 20.0 Å². The average Bonchev–Trinajstić information content (AvgIpc) is 3.14. The summed E-state index contributed by atoms with van der Waals surface area (Å²) in [6, 6.07) is 15.0. The van der Waals surface area contributed by atoms with E-state index in [1.807, 2.05) is 49.4 Å². The number of nitrogens with zero attached hydrogens (tertiary/aromatic N) is 1. The van der Waals surface area contributed by atoms with Crippen LogP contribution in [0.25, 0.3) is 6.08 Å². The third-order valence-electron chi connectivity index (χ3n) is 5.79. The van der Waals surface area contributed by atoms with Crippen molar-refractivity contribution in [2.75, 3.05) is 13.8 Å². The highest BCUT2D eigenvalue weighted by atomic mass is 35.5. The molecular formula is C26H21Cl2NO4. The Morgan fingerprint density at radius 1 is 1.09 bits per heavy atom. The lowest BCUT2D eigenvalue weighted by atomic mass is 9.98. The largest absolute Gasteiger partial charge is 0.497 e. The van der Waals surface area contributed by atoms with Crippen LogP contribution in [0.5, 0.6) is 17.2 Å². The number of Topliss-reactive ketones (excluding diaryl/α,β-unsaturated/α-hetero) is 1. The Kier molecular flexibility index (Phi) is 5.79. The van der Waals surface area contributed by atoms with E-state index in [2.05, 4.69) is 4.90 Å². The summed E-state index contributed by atoms with van der Waals surface area (Å²) in [5.41, 5.74) is 4.18. The maximum atomic E-state index is 13.2. The van der Waals surface area contributed by atoms with Crippen molar-refractivity contribution < 1.29 is 19.0 Å². The summed E-state index contributed by atoms with van der Waals surface area (Å²) in [6.45, 7) is 3.54. The monoisotopic (exact) mass is 481 g/mol. The number of benzene rings is 3. The molecule has 0 saturated heterocycles. The second-order valence-corrected chi connectivity index (χ2v) is 8.91. The van der Waals surface area contributed by atoms with Crippen LogP contribution < -0.4 is 14.2 Å². The number of ketones is 1. The molecule has 3 aromatic carbocycles. The molecule has 0 amide bonds. The third-order valence-corrected chi connectivity index (χ3v) is 6.53. The minimum Gasteiger partial charge on any atom is -0.497 e. The number of carbonyl (C=O) groups is 1. The summed E-state index contributed by atoms with van der Waals surface area (Å²) in [5, 5.41) is 1.04. The lowest BCUT2D eigenvalue weighted by molar-refractivity contribution is 0.0872. The van der Waals surface area contributed by atoms with Crippen molar-refractivity contribution in [1.82, 2.24) is 4.90 Å². The van der Waals surface area contributed by atoms with Gasteiger partial charge in [0.1, 0.15) is 24.0 Å². The van der Waals surface area contributed by atoms with Gasteiger partial charge in [-0.25, -0.2) is 0 Å². The molecule has 5 nitrogen and oxygen atoms in total. The number of ether oxygens (including phenoxy) is 3. The standard InChI is InChI=1S/C26H21Cl2NO4/c1-15-9-22-19(13-29(14-32-22)12-17-5-8-20(27)21(28)10-17)26-24(15)25(30)23(33-26)11-16-3-6-18(31-2)7-4-16/h3-11H,12-14H2,1-2H3/b23-11-. The van der Waals surface area contributed by atoms with Crippen LogP contribution in [-0.4, -0.2) is 24.5 Å². The summed E-state index contributed by atoms with van der Waals surface area (Å²) in [6.07, 6.45) is 1.75. The summed E-state index contributed by atoms with van der Waals surface area (Å²) >= 11 is 12.2. The normalized spacial score (nSPS) is 16.2. The van der Waals surface area contributed by atoms with E-state index >= 15 is 0 Å². The highest BCUT2D eigenvalue weighted by Gasteiger charge is 2.35. The Balaban J connectivity index is 1.43. The Morgan fingerprint density at radius 3 is 2.61 bits per heavy atom. The van der Waals surface area contributed by atoms with Gasteiger partial charge in [0.15, 0.2) is 5.76 Å². The number of allylic oxidation sites excluding steroid dienone is 1. The minimum absolute atomic E-state index is 0.122. The van der Waals surface area contributed by atoms with Crippen LogP contribution >= 0.6 is 23.2 Å². The summed E-state index contributed by atoms with van der Waals surface area (Å²) in [7, 11) is 1.62. The van der Waals surface area contributed by atoms with Gasteiger partial charge in [0, 0.05) is 13.1 Å². The first-order chi connectivity index (χ1) is 15.9.